The van der Waals surface area contributed by atoms with Crippen molar-refractivity contribution in [2.24, 2.45) is 5.92 Å². The van der Waals surface area contributed by atoms with Crippen molar-refractivity contribution in [1.29, 1.82) is 0 Å². The lowest BCUT2D eigenvalue weighted by atomic mass is 9.85. The molecular formula is C26H33N3O. The van der Waals surface area contributed by atoms with Crippen molar-refractivity contribution in [1.82, 2.24) is 15.0 Å². The third kappa shape index (κ3) is 5.37. The zero-order valence-electron chi connectivity index (χ0n) is 18.2. The SMILES string of the molecule is CC(C)C(CCN1CCC(c2nc(Cc3ccccc3)no2)CC1)c1ccccc1. The van der Waals surface area contributed by atoms with E-state index >= 15 is 0 Å². The molecule has 0 bridgehead atoms. The number of hydrogen-bond acceptors (Lipinski definition) is 4. The molecule has 4 nitrogen and oxygen atoms in total. The molecule has 0 aliphatic carbocycles. The van der Waals surface area contributed by atoms with Gasteiger partial charge in [0.2, 0.25) is 5.89 Å². The van der Waals surface area contributed by atoms with Gasteiger partial charge in [-0.05, 0) is 61.9 Å². The van der Waals surface area contributed by atoms with Crippen LogP contribution in [-0.4, -0.2) is 34.7 Å². The maximum atomic E-state index is 5.62. The van der Waals surface area contributed by atoms with E-state index in [9.17, 15) is 0 Å². The van der Waals surface area contributed by atoms with E-state index < -0.39 is 0 Å². The van der Waals surface area contributed by atoms with Crippen LogP contribution in [0.15, 0.2) is 65.2 Å². The molecule has 2 aromatic carbocycles. The van der Waals surface area contributed by atoms with Crippen LogP contribution in [0.2, 0.25) is 0 Å². The third-order valence-electron chi connectivity index (χ3n) is 6.41. The van der Waals surface area contributed by atoms with E-state index in [4.69, 9.17) is 9.51 Å². The first-order valence-corrected chi connectivity index (χ1v) is 11.3. The Morgan fingerprint density at radius 3 is 2.30 bits per heavy atom. The molecular weight excluding hydrogens is 370 g/mol. The molecule has 2 heterocycles. The van der Waals surface area contributed by atoms with Crippen LogP contribution in [0.25, 0.3) is 0 Å². The first-order valence-electron chi connectivity index (χ1n) is 11.3. The lowest BCUT2D eigenvalue weighted by molar-refractivity contribution is 0.185. The molecule has 0 N–H and O–H groups in total. The van der Waals surface area contributed by atoms with Crippen molar-refractivity contribution in [3.05, 3.63) is 83.5 Å². The van der Waals surface area contributed by atoms with Gasteiger partial charge in [-0.15, -0.1) is 0 Å². The number of rotatable bonds is 8. The zero-order valence-corrected chi connectivity index (χ0v) is 18.2. The predicted octanol–water partition coefficient (Wildman–Crippen LogP) is 5.67. The fourth-order valence-corrected chi connectivity index (χ4v) is 4.59. The van der Waals surface area contributed by atoms with Crippen molar-refractivity contribution in [3.63, 3.8) is 0 Å². The van der Waals surface area contributed by atoms with Crippen molar-refractivity contribution >= 4 is 0 Å². The Kier molecular flexibility index (Phi) is 6.96. The Bertz CT molecular complexity index is 883. The summed E-state index contributed by atoms with van der Waals surface area (Å²) in [6.45, 7) is 8.06. The molecule has 1 aliphatic rings. The van der Waals surface area contributed by atoms with Gasteiger partial charge < -0.3 is 9.42 Å². The molecule has 158 valence electrons. The van der Waals surface area contributed by atoms with E-state index in [-0.39, 0.29) is 0 Å². The molecule has 0 saturated carbocycles. The van der Waals surface area contributed by atoms with Gasteiger partial charge in [-0.1, -0.05) is 79.7 Å². The smallest absolute Gasteiger partial charge is 0.229 e. The number of nitrogens with zero attached hydrogens (tertiary/aromatic N) is 3. The molecule has 1 saturated heterocycles. The quantitative estimate of drug-likeness (QED) is 0.486. The van der Waals surface area contributed by atoms with Gasteiger partial charge >= 0.3 is 0 Å². The number of hydrogen-bond donors (Lipinski definition) is 0. The molecule has 1 atom stereocenters. The Labute approximate surface area is 180 Å². The highest BCUT2D eigenvalue weighted by molar-refractivity contribution is 5.20. The Morgan fingerprint density at radius 2 is 1.63 bits per heavy atom. The van der Waals surface area contributed by atoms with E-state index in [0.717, 1.165) is 50.6 Å². The average Bonchev–Trinajstić information content (AvgIpc) is 3.24. The molecule has 30 heavy (non-hydrogen) atoms. The van der Waals surface area contributed by atoms with Gasteiger partial charge in [0.05, 0.1) is 0 Å². The second-order valence-corrected chi connectivity index (χ2v) is 8.88. The zero-order chi connectivity index (χ0) is 20.8. The van der Waals surface area contributed by atoms with E-state index in [1.807, 2.05) is 18.2 Å². The molecule has 0 amide bonds. The van der Waals surface area contributed by atoms with Crippen LogP contribution in [-0.2, 0) is 6.42 Å². The van der Waals surface area contributed by atoms with Crippen LogP contribution >= 0.6 is 0 Å². The minimum absolute atomic E-state index is 0.397. The highest BCUT2D eigenvalue weighted by atomic mass is 16.5. The number of aromatic nitrogens is 2. The highest BCUT2D eigenvalue weighted by Crippen LogP contribution is 2.30. The molecule has 1 aliphatic heterocycles. The third-order valence-corrected chi connectivity index (χ3v) is 6.41. The van der Waals surface area contributed by atoms with Crippen LogP contribution in [0.3, 0.4) is 0 Å². The first kappa shape index (κ1) is 20.8. The fourth-order valence-electron chi connectivity index (χ4n) is 4.59. The summed E-state index contributed by atoms with van der Waals surface area (Å²) >= 11 is 0. The first-order chi connectivity index (χ1) is 14.7. The topological polar surface area (TPSA) is 42.2 Å². The van der Waals surface area contributed by atoms with Crippen LogP contribution in [0, 0.1) is 5.92 Å². The lowest BCUT2D eigenvalue weighted by Gasteiger charge is -2.32. The largest absolute Gasteiger partial charge is 0.339 e. The van der Waals surface area contributed by atoms with Gasteiger partial charge in [-0.2, -0.15) is 4.98 Å². The molecule has 1 unspecified atom stereocenters. The number of benzene rings is 2. The van der Waals surface area contributed by atoms with Crippen molar-refractivity contribution in [3.8, 4) is 0 Å². The molecule has 0 spiro atoms. The molecule has 1 aromatic heterocycles. The summed E-state index contributed by atoms with van der Waals surface area (Å²) < 4.78 is 5.62. The summed E-state index contributed by atoms with van der Waals surface area (Å²) in [7, 11) is 0. The summed E-state index contributed by atoms with van der Waals surface area (Å²) in [5, 5.41) is 4.22. The van der Waals surface area contributed by atoms with E-state index in [1.165, 1.54) is 17.5 Å². The summed E-state index contributed by atoms with van der Waals surface area (Å²) in [4.78, 5) is 7.30. The maximum Gasteiger partial charge on any atom is 0.229 e. The second-order valence-electron chi connectivity index (χ2n) is 8.88. The lowest BCUT2D eigenvalue weighted by Crippen LogP contribution is -2.34. The number of likely N-dealkylation sites (tertiary alicyclic amines) is 1. The van der Waals surface area contributed by atoms with Gasteiger partial charge in [-0.25, -0.2) is 0 Å². The van der Waals surface area contributed by atoms with E-state index in [0.29, 0.717) is 17.8 Å². The number of piperidine rings is 1. The predicted molar refractivity (Wildman–Crippen MR) is 121 cm³/mol. The summed E-state index contributed by atoms with van der Waals surface area (Å²) in [6.07, 6.45) is 4.16. The minimum atomic E-state index is 0.397. The van der Waals surface area contributed by atoms with E-state index in [2.05, 4.69) is 66.4 Å². The van der Waals surface area contributed by atoms with Gasteiger partial charge in [-0.3, -0.25) is 0 Å². The average molecular weight is 404 g/mol. The molecule has 4 rings (SSSR count). The van der Waals surface area contributed by atoms with Gasteiger partial charge in [0.25, 0.3) is 0 Å². The standard InChI is InChI=1S/C26H33N3O/c1-20(2)24(22-11-7-4-8-12-22)15-18-29-16-13-23(14-17-29)26-27-25(28-30-26)19-21-9-5-3-6-10-21/h3-12,20,23-24H,13-19H2,1-2H3. The van der Waals surface area contributed by atoms with Crippen LogP contribution in [0.4, 0.5) is 0 Å². The van der Waals surface area contributed by atoms with Crippen molar-refractivity contribution in [2.75, 3.05) is 19.6 Å². The molecule has 0 radical (unpaired) electrons. The summed E-state index contributed by atoms with van der Waals surface area (Å²) in [6, 6.07) is 21.3. The van der Waals surface area contributed by atoms with Gasteiger partial charge in [0, 0.05) is 12.3 Å². The molecule has 1 fully saturated rings. The Morgan fingerprint density at radius 1 is 0.967 bits per heavy atom. The van der Waals surface area contributed by atoms with E-state index in [1.54, 1.807) is 0 Å². The van der Waals surface area contributed by atoms with Gasteiger partial charge in [0.15, 0.2) is 5.82 Å². The van der Waals surface area contributed by atoms with Crippen LogP contribution < -0.4 is 0 Å². The summed E-state index contributed by atoms with van der Waals surface area (Å²) in [5.74, 6) is 3.30. The normalized spacial score (nSPS) is 16.8. The second kappa shape index (κ2) is 10.0. The van der Waals surface area contributed by atoms with Crippen molar-refractivity contribution < 1.29 is 4.52 Å². The van der Waals surface area contributed by atoms with Gasteiger partial charge in [0.1, 0.15) is 0 Å². The molecule has 4 heteroatoms. The van der Waals surface area contributed by atoms with Crippen molar-refractivity contribution in [2.45, 2.75) is 51.4 Å². The monoisotopic (exact) mass is 403 g/mol. The Hall–Kier alpha value is -2.46. The fraction of sp³-hybridized carbons (Fsp3) is 0.462. The highest BCUT2D eigenvalue weighted by Gasteiger charge is 2.26. The maximum absolute atomic E-state index is 5.62. The van der Waals surface area contributed by atoms with Crippen LogP contribution in [0.1, 0.15) is 67.8 Å². The van der Waals surface area contributed by atoms with Crippen LogP contribution in [0.5, 0.6) is 0 Å². The summed E-state index contributed by atoms with van der Waals surface area (Å²) in [5.41, 5.74) is 2.69. The Balaban J connectivity index is 1.27. The molecule has 3 aromatic rings. The minimum Gasteiger partial charge on any atom is -0.339 e.